The molecule has 2 amide bonds. The van der Waals surface area contributed by atoms with Crippen LogP contribution in [0.25, 0.3) is 0 Å². The molecule has 7 nitrogen and oxygen atoms in total. The lowest BCUT2D eigenvalue weighted by atomic mass is 9.98. The van der Waals surface area contributed by atoms with Gasteiger partial charge in [0.1, 0.15) is 11.4 Å². The Kier molecular flexibility index (Phi) is 5.98. The Morgan fingerprint density at radius 2 is 1.90 bits per heavy atom. The van der Waals surface area contributed by atoms with E-state index in [1.165, 1.54) is 33.4 Å². The minimum absolute atomic E-state index is 0.0503. The number of thiophene rings is 1. The molecule has 3 atom stereocenters. The summed E-state index contributed by atoms with van der Waals surface area (Å²) < 4.78 is 0. The Morgan fingerprint density at radius 1 is 1.13 bits per heavy atom. The van der Waals surface area contributed by atoms with Crippen molar-refractivity contribution in [2.45, 2.75) is 28.8 Å². The highest BCUT2D eigenvalue weighted by molar-refractivity contribution is 8.14. The Morgan fingerprint density at radius 3 is 2.57 bits per heavy atom. The third-order valence-electron chi connectivity index (χ3n) is 4.64. The van der Waals surface area contributed by atoms with E-state index < -0.39 is 34.4 Å². The maximum absolute atomic E-state index is 12.7. The number of nitrogens with one attached hydrogen (secondary N) is 1. The number of fused-ring (bicyclic) bond motifs is 1. The predicted molar refractivity (Wildman–Crippen MR) is 115 cm³/mol. The Bertz CT molecular complexity index is 1020. The van der Waals surface area contributed by atoms with Crippen LogP contribution < -0.4 is 5.32 Å². The number of rotatable bonds is 6. The second-order valence-electron chi connectivity index (χ2n) is 6.59. The van der Waals surface area contributed by atoms with E-state index in [1.54, 1.807) is 24.3 Å². The molecule has 0 radical (unpaired) electrons. The van der Waals surface area contributed by atoms with Gasteiger partial charge < -0.3 is 15.3 Å². The number of carbonyl (C=O) groups is 4. The van der Waals surface area contributed by atoms with Crippen LogP contribution in [0.2, 0.25) is 0 Å². The SMILES string of the molecule is O=C(Cc1cccs1)NC1C(=O)N2C(C(=O)O)C(C(=O)Sc3ccccc3)=CS[C@@H]12. The molecule has 0 bridgehead atoms. The molecule has 2 unspecified atom stereocenters. The van der Waals surface area contributed by atoms with Crippen molar-refractivity contribution in [1.82, 2.24) is 10.2 Å². The average molecular weight is 461 g/mol. The Balaban J connectivity index is 1.47. The summed E-state index contributed by atoms with van der Waals surface area (Å²) >= 11 is 3.55. The molecule has 30 heavy (non-hydrogen) atoms. The van der Waals surface area contributed by atoms with Crippen molar-refractivity contribution in [1.29, 1.82) is 0 Å². The van der Waals surface area contributed by atoms with Gasteiger partial charge in [-0.25, -0.2) is 4.79 Å². The molecule has 0 aliphatic carbocycles. The topological polar surface area (TPSA) is 104 Å². The predicted octanol–water partition coefficient (Wildman–Crippen LogP) is 2.35. The van der Waals surface area contributed by atoms with Gasteiger partial charge in [0, 0.05) is 15.3 Å². The van der Waals surface area contributed by atoms with Gasteiger partial charge in [-0.2, -0.15) is 0 Å². The van der Waals surface area contributed by atoms with Crippen LogP contribution in [-0.2, 0) is 25.6 Å². The smallest absolute Gasteiger partial charge is 0.331 e. The van der Waals surface area contributed by atoms with Gasteiger partial charge in [-0.05, 0) is 40.7 Å². The number of hydrogen-bond acceptors (Lipinski definition) is 7. The van der Waals surface area contributed by atoms with E-state index in [9.17, 15) is 24.3 Å². The van der Waals surface area contributed by atoms with Gasteiger partial charge in [-0.15, -0.1) is 23.1 Å². The molecule has 0 spiro atoms. The molecule has 4 rings (SSSR count). The summed E-state index contributed by atoms with van der Waals surface area (Å²) in [6.07, 6.45) is 0.161. The molecule has 3 heterocycles. The summed E-state index contributed by atoms with van der Waals surface area (Å²) in [5.74, 6) is -2.07. The van der Waals surface area contributed by atoms with Gasteiger partial charge in [0.25, 0.3) is 0 Å². The van der Waals surface area contributed by atoms with Crippen molar-refractivity contribution in [3.8, 4) is 0 Å². The lowest BCUT2D eigenvalue weighted by molar-refractivity contribution is -0.160. The third kappa shape index (κ3) is 4.03. The highest BCUT2D eigenvalue weighted by atomic mass is 32.2. The quantitative estimate of drug-likeness (QED) is 0.504. The minimum atomic E-state index is -1.36. The molecule has 0 saturated carbocycles. The lowest BCUT2D eigenvalue weighted by Gasteiger charge is -2.51. The summed E-state index contributed by atoms with van der Waals surface area (Å²) in [6.45, 7) is 0. The summed E-state index contributed by atoms with van der Waals surface area (Å²) in [5, 5.41) is 14.8. The summed E-state index contributed by atoms with van der Waals surface area (Å²) in [5.41, 5.74) is 0.0503. The number of β-lactam (4-membered cyclic amide) rings is 1. The lowest BCUT2D eigenvalue weighted by Crippen LogP contribution is -2.74. The number of carboxylic acid groups (broad SMARTS) is 1. The number of benzene rings is 1. The van der Waals surface area contributed by atoms with Crippen molar-refractivity contribution in [3.63, 3.8) is 0 Å². The molecular formula is C20H16N2O5S3. The van der Waals surface area contributed by atoms with E-state index >= 15 is 0 Å². The molecule has 1 saturated heterocycles. The van der Waals surface area contributed by atoms with E-state index in [0.29, 0.717) is 4.90 Å². The first-order valence-corrected chi connectivity index (χ1v) is 11.6. The van der Waals surface area contributed by atoms with Gasteiger partial charge in [-0.3, -0.25) is 14.4 Å². The number of carbonyl (C=O) groups excluding carboxylic acids is 3. The standard InChI is InChI=1S/C20H16N2O5S3/c23-14(9-12-7-4-8-28-12)21-15-17(24)22-16(19(25)26)13(10-29-18(15)22)20(27)30-11-5-2-1-3-6-11/h1-8,10,15-16,18H,9H2,(H,21,23)(H,25,26)/t15?,16?,18-/m0/s1. The molecule has 1 aromatic carbocycles. The largest absolute Gasteiger partial charge is 0.479 e. The maximum Gasteiger partial charge on any atom is 0.331 e. The number of carboxylic acids is 1. The van der Waals surface area contributed by atoms with Gasteiger partial charge >= 0.3 is 5.97 Å². The monoisotopic (exact) mass is 460 g/mol. The van der Waals surface area contributed by atoms with Gasteiger partial charge in [0.05, 0.1) is 6.42 Å². The molecule has 1 aromatic heterocycles. The highest BCUT2D eigenvalue weighted by Crippen LogP contribution is 2.41. The fourth-order valence-electron chi connectivity index (χ4n) is 3.26. The van der Waals surface area contributed by atoms with Crippen LogP contribution in [0, 0.1) is 0 Å². The van der Waals surface area contributed by atoms with E-state index in [-0.39, 0.29) is 17.9 Å². The Hall–Kier alpha value is -2.56. The zero-order valence-electron chi connectivity index (χ0n) is 15.4. The molecule has 1 fully saturated rings. The third-order valence-corrected chi connectivity index (χ3v) is 7.62. The number of thioether (sulfide) groups is 2. The summed E-state index contributed by atoms with van der Waals surface area (Å²) in [4.78, 5) is 52.3. The second-order valence-corrected chi connectivity index (χ2v) is 9.66. The normalized spacial score (nSPS) is 22.5. The molecule has 2 aromatic rings. The highest BCUT2D eigenvalue weighted by Gasteiger charge is 2.56. The van der Waals surface area contributed by atoms with Crippen LogP contribution in [0.1, 0.15) is 4.88 Å². The average Bonchev–Trinajstić information content (AvgIpc) is 3.24. The van der Waals surface area contributed by atoms with Crippen LogP contribution >= 0.6 is 34.9 Å². The first-order valence-electron chi connectivity index (χ1n) is 8.95. The van der Waals surface area contributed by atoms with Crippen molar-refractivity contribution in [2.24, 2.45) is 0 Å². The van der Waals surface area contributed by atoms with Crippen molar-refractivity contribution in [3.05, 3.63) is 63.7 Å². The number of aliphatic carboxylic acids is 1. The fraction of sp³-hybridized carbons (Fsp3) is 0.200. The van der Waals surface area contributed by atoms with Gasteiger partial charge in [-0.1, -0.05) is 24.3 Å². The number of hydrogen-bond donors (Lipinski definition) is 2. The van der Waals surface area contributed by atoms with E-state index in [2.05, 4.69) is 5.32 Å². The first-order chi connectivity index (χ1) is 14.5. The number of nitrogens with zero attached hydrogens (tertiary/aromatic N) is 1. The van der Waals surface area contributed by atoms with Crippen LogP contribution in [0.5, 0.6) is 0 Å². The molecule has 2 aliphatic heterocycles. The van der Waals surface area contributed by atoms with Crippen LogP contribution in [0.4, 0.5) is 0 Å². The van der Waals surface area contributed by atoms with E-state index in [1.807, 2.05) is 23.6 Å². The molecule has 2 N–H and O–H groups in total. The summed E-state index contributed by atoms with van der Waals surface area (Å²) in [6, 6.07) is 10.4. The van der Waals surface area contributed by atoms with E-state index in [0.717, 1.165) is 16.6 Å². The molecule has 154 valence electrons. The van der Waals surface area contributed by atoms with Crippen molar-refractivity contribution in [2.75, 3.05) is 0 Å². The van der Waals surface area contributed by atoms with Crippen molar-refractivity contribution >= 4 is 57.8 Å². The van der Waals surface area contributed by atoms with Gasteiger partial charge in [0.2, 0.25) is 16.9 Å². The maximum atomic E-state index is 12.7. The molecule has 10 heteroatoms. The fourth-order valence-corrected chi connectivity index (χ4v) is 6.05. The number of amides is 2. The zero-order chi connectivity index (χ0) is 21.3. The van der Waals surface area contributed by atoms with Crippen LogP contribution in [-0.4, -0.2) is 50.4 Å². The first kappa shape index (κ1) is 20.7. The Labute approximate surface area is 184 Å². The summed E-state index contributed by atoms with van der Waals surface area (Å²) in [7, 11) is 0. The van der Waals surface area contributed by atoms with Gasteiger partial charge in [0.15, 0.2) is 6.04 Å². The second kappa shape index (κ2) is 8.66. The van der Waals surface area contributed by atoms with E-state index in [4.69, 9.17) is 0 Å². The van der Waals surface area contributed by atoms with Crippen molar-refractivity contribution < 1.29 is 24.3 Å². The van der Waals surface area contributed by atoms with Crippen LogP contribution in [0.3, 0.4) is 0 Å². The molecule has 2 aliphatic rings. The zero-order valence-corrected chi connectivity index (χ0v) is 17.8. The molecular weight excluding hydrogens is 444 g/mol. The van der Waals surface area contributed by atoms with Crippen LogP contribution in [0.15, 0.2) is 63.7 Å². The minimum Gasteiger partial charge on any atom is -0.479 e.